The fourth-order valence-corrected chi connectivity index (χ4v) is 2.70. The predicted molar refractivity (Wildman–Crippen MR) is 87.0 cm³/mol. The van der Waals surface area contributed by atoms with Gasteiger partial charge in [-0.3, -0.25) is 14.9 Å². The Morgan fingerprint density at radius 3 is 2.88 bits per heavy atom. The van der Waals surface area contributed by atoms with Crippen molar-refractivity contribution >= 4 is 11.6 Å². The average molecular weight is 327 g/mol. The van der Waals surface area contributed by atoms with E-state index in [1.54, 1.807) is 17.0 Å². The van der Waals surface area contributed by atoms with Crippen molar-refractivity contribution in [3.05, 3.63) is 63.8 Å². The molecule has 1 unspecified atom stereocenters. The molecule has 7 nitrogen and oxygen atoms in total. The Balaban J connectivity index is 1.65. The number of hydrogen-bond acceptors (Lipinski definition) is 5. The summed E-state index contributed by atoms with van der Waals surface area (Å²) in [6.45, 7) is 2.88. The average Bonchev–Trinajstić information content (AvgIpc) is 3.02. The number of likely N-dealkylation sites (tertiary alicyclic amines) is 1. The number of aryl methyl sites for hydroxylation is 1. The van der Waals surface area contributed by atoms with E-state index in [1.165, 1.54) is 18.2 Å². The second-order valence-corrected chi connectivity index (χ2v) is 5.70. The van der Waals surface area contributed by atoms with Gasteiger partial charge in [-0.05, 0) is 19.1 Å². The predicted octanol–water partition coefficient (Wildman–Crippen LogP) is 2.59. The van der Waals surface area contributed by atoms with Gasteiger partial charge in [-0.1, -0.05) is 12.1 Å². The van der Waals surface area contributed by atoms with E-state index >= 15 is 0 Å². The van der Waals surface area contributed by atoms with E-state index in [2.05, 4.69) is 4.98 Å². The Kier molecular flexibility index (Phi) is 4.41. The second kappa shape index (κ2) is 6.66. The number of non-ortho nitro benzene ring substituents is 1. The van der Waals surface area contributed by atoms with Gasteiger partial charge in [0.15, 0.2) is 0 Å². The quantitative estimate of drug-likeness (QED) is 0.636. The molecule has 3 rings (SSSR count). The summed E-state index contributed by atoms with van der Waals surface area (Å²) >= 11 is 0. The highest BCUT2D eigenvalue weighted by Gasteiger charge is 2.29. The molecule has 1 atom stereocenters. The molecule has 1 aliphatic heterocycles. The van der Waals surface area contributed by atoms with E-state index in [1.807, 2.05) is 19.1 Å². The molecule has 1 fully saturated rings. The van der Waals surface area contributed by atoms with Crippen LogP contribution in [-0.2, 0) is 0 Å². The summed E-state index contributed by atoms with van der Waals surface area (Å²) in [6, 6.07) is 11.3. The first kappa shape index (κ1) is 15.9. The van der Waals surface area contributed by atoms with E-state index < -0.39 is 4.92 Å². The normalized spacial score (nSPS) is 16.9. The number of nitrogens with zero attached hydrogens (tertiary/aromatic N) is 3. The van der Waals surface area contributed by atoms with Crippen LogP contribution < -0.4 is 4.74 Å². The van der Waals surface area contributed by atoms with Crippen LogP contribution in [0.25, 0.3) is 0 Å². The van der Waals surface area contributed by atoms with Crippen LogP contribution in [0.15, 0.2) is 42.5 Å². The van der Waals surface area contributed by atoms with Gasteiger partial charge in [0.05, 0.1) is 11.5 Å². The van der Waals surface area contributed by atoms with Gasteiger partial charge in [-0.25, -0.2) is 4.98 Å². The lowest BCUT2D eigenvalue weighted by atomic mass is 10.2. The molecule has 1 amide bonds. The number of aromatic nitrogens is 1. The Hall–Kier alpha value is -2.96. The van der Waals surface area contributed by atoms with Crippen molar-refractivity contribution < 1.29 is 14.5 Å². The van der Waals surface area contributed by atoms with Crippen molar-refractivity contribution in [2.24, 2.45) is 0 Å². The lowest BCUT2D eigenvalue weighted by Gasteiger charge is -2.17. The van der Waals surface area contributed by atoms with E-state index in [4.69, 9.17) is 4.74 Å². The number of benzene rings is 1. The third kappa shape index (κ3) is 3.51. The summed E-state index contributed by atoms with van der Waals surface area (Å²) in [6.07, 6.45) is 0.581. The maximum atomic E-state index is 12.5. The summed E-state index contributed by atoms with van der Waals surface area (Å²) in [5, 5.41) is 10.8. The molecular weight excluding hydrogens is 310 g/mol. The van der Waals surface area contributed by atoms with E-state index in [9.17, 15) is 14.9 Å². The van der Waals surface area contributed by atoms with Crippen molar-refractivity contribution in [3.8, 4) is 5.88 Å². The molecule has 1 aromatic heterocycles. The van der Waals surface area contributed by atoms with Crippen LogP contribution >= 0.6 is 0 Å². The third-order valence-electron chi connectivity index (χ3n) is 3.89. The molecule has 0 N–H and O–H groups in total. The molecule has 2 heterocycles. The monoisotopic (exact) mass is 327 g/mol. The molecule has 1 saturated heterocycles. The molecule has 1 aromatic carbocycles. The number of rotatable bonds is 4. The number of amides is 1. The number of carbonyl (C=O) groups excluding carboxylic acids is 1. The zero-order chi connectivity index (χ0) is 17.1. The van der Waals surface area contributed by atoms with Crippen molar-refractivity contribution in [1.29, 1.82) is 0 Å². The smallest absolute Gasteiger partial charge is 0.270 e. The van der Waals surface area contributed by atoms with Crippen LogP contribution in [0, 0.1) is 17.0 Å². The van der Waals surface area contributed by atoms with Gasteiger partial charge in [-0.15, -0.1) is 0 Å². The largest absolute Gasteiger partial charge is 0.472 e. The van der Waals surface area contributed by atoms with Crippen molar-refractivity contribution in [3.63, 3.8) is 0 Å². The lowest BCUT2D eigenvalue weighted by Crippen LogP contribution is -2.31. The molecule has 1 aliphatic rings. The van der Waals surface area contributed by atoms with Gasteiger partial charge in [0.2, 0.25) is 5.88 Å². The van der Waals surface area contributed by atoms with Crippen molar-refractivity contribution in [1.82, 2.24) is 9.88 Å². The summed E-state index contributed by atoms with van der Waals surface area (Å²) in [5.41, 5.74) is 1.10. The van der Waals surface area contributed by atoms with Gasteiger partial charge < -0.3 is 9.64 Å². The first-order valence-electron chi connectivity index (χ1n) is 7.67. The SMILES string of the molecule is Cc1cccc(OC2CCN(C(=O)c3cccc([N+](=O)[O-])c3)C2)n1. The van der Waals surface area contributed by atoms with Gasteiger partial charge in [0.1, 0.15) is 6.10 Å². The van der Waals surface area contributed by atoms with E-state index in [-0.39, 0.29) is 17.7 Å². The minimum absolute atomic E-state index is 0.0863. The third-order valence-corrected chi connectivity index (χ3v) is 3.89. The molecule has 0 radical (unpaired) electrons. The van der Waals surface area contributed by atoms with Crippen LogP contribution in [0.4, 0.5) is 5.69 Å². The van der Waals surface area contributed by atoms with Crippen LogP contribution in [0.2, 0.25) is 0 Å². The fourth-order valence-electron chi connectivity index (χ4n) is 2.70. The highest BCUT2D eigenvalue weighted by molar-refractivity contribution is 5.95. The number of nitro benzene ring substituents is 1. The minimum atomic E-state index is -0.504. The van der Waals surface area contributed by atoms with Crippen LogP contribution in [0.1, 0.15) is 22.5 Å². The lowest BCUT2D eigenvalue weighted by molar-refractivity contribution is -0.384. The van der Waals surface area contributed by atoms with Crippen molar-refractivity contribution in [2.75, 3.05) is 13.1 Å². The maximum absolute atomic E-state index is 12.5. The van der Waals surface area contributed by atoms with Gasteiger partial charge >= 0.3 is 0 Å². The molecule has 124 valence electrons. The molecule has 24 heavy (non-hydrogen) atoms. The van der Waals surface area contributed by atoms with E-state index in [0.717, 1.165) is 5.69 Å². The number of hydrogen-bond donors (Lipinski definition) is 0. The van der Waals surface area contributed by atoms with Gasteiger partial charge in [0, 0.05) is 42.4 Å². The van der Waals surface area contributed by atoms with Gasteiger partial charge in [0.25, 0.3) is 11.6 Å². The number of carbonyl (C=O) groups is 1. The molecule has 0 aliphatic carbocycles. The van der Waals surface area contributed by atoms with E-state index in [0.29, 0.717) is 31.0 Å². The first-order chi connectivity index (χ1) is 11.5. The summed E-state index contributed by atoms with van der Waals surface area (Å²) in [5.74, 6) is 0.326. The summed E-state index contributed by atoms with van der Waals surface area (Å²) in [7, 11) is 0. The Bertz CT molecular complexity index is 778. The fraction of sp³-hybridized carbons (Fsp3) is 0.294. The zero-order valence-electron chi connectivity index (χ0n) is 13.2. The number of pyridine rings is 1. The number of nitro groups is 1. The van der Waals surface area contributed by atoms with Crippen molar-refractivity contribution in [2.45, 2.75) is 19.4 Å². The second-order valence-electron chi connectivity index (χ2n) is 5.70. The molecule has 2 aromatic rings. The highest BCUT2D eigenvalue weighted by atomic mass is 16.6. The number of ether oxygens (including phenoxy) is 1. The molecule has 0 saturated carbocycles. The van der Waals surface area contributed by atoms with Crippen LogP contribution in [0.5, 0.6) is 5.88 Å². The summed E-state index contributed by atoms with van der Waals surface area (Å²) < 4.78 is 5.82. The Labute approximate surface area is 139 Å². The minimum Gasteiger partial charge on any atom is -0.472 e. The van der Waals surface area contributed by atoms with Crippen LogP contribution in [-0.4, -0.2) is 39.9 Å². The summed E-state index contributed by atoms with van der Waals surface area (Å²) in [4.78, 5) is 28.8. The molecule has 0 bridgehead atoms. The zero-order valence-corrected chi connectivity index (χ0v) is 13.2. The topological polar surface area (TPSA) is 85.6 Å². The highest BCUT2D eigenvalue weighted by Crippen LogP contribution is 2.20. The Morgan fingerprint density at radius 1 is 1.33 bits per heavy atom. The molecule has 0 spiro atoms. The Morgan fingerprint density at radius 2 is 2.12 bits per heavy atom. The first-order valence-corrected chi connectivity index (χ1v) is 7.67. The van der Waals surface area contributed by atoms with Crippen LogP contribution in [0.3, 0.4) is 0 Å². The standard InChI is InChI=1S/C17H17N3O4/c1-12-4-2-7-16(18-12)24-15-8-9-19(11-15)17(21)13-5-3-6-14(10-13)20(22)23/h2-7,10,15H,8-9,11H2,1H3. The molecule has 7 heteroatoms. The molecular formula is C17H17N3O4. The van der Waals surface area contributed by atoms with Gasteiger partial charge in [-0.2, -0.15) is 0 Å². The maximum Gasteiger partial charge on any atom is 0.270 e.